The zero-order chi connectivity index (χ0) is 13.2. The van der Waals surface area contributed by atoms with E-state index in [1.165, 1.54) is 32.4 Å². The second-order valence-corrected chi connectivity index (χ2v) is 6.82. The summed E-state index contributed by atoms with van der Waals surface area (Å²) in [6.45, 7) is 10.2. The van der Waals surface area contributed by atoms with Crippen LogP contribution < -0.4 is 5.32 Å². The van der Waals surface area contributed by atoms with Crippen molar-refractivity contribution in [2.75, 3.05) is 19.6 Å². The number of hydrogen-bond donors (Lipinski definition) is 1. The molecule has 2 aliphatic rings. The maximum atomic E-state index is 9.36. The number of hydrogen-bond acceptors (Lipinski definition) is 3. The van der Waals surface area contributed by atoms with Crippen molar-refractivity contribution in [1.29, 1.82) is 5.26 Å². The van der Waals surface area contributed by atoms with E-state index in [-0.39, 0.29) is 5.54 Å². The van der Waals surface area contributed by atoms with Crippen LogP contribution in [0, 0.1) is 23.2 Å². The van der Waals surface area contributed by atoms with E-state index < -0.39 is 0 Å². The summed E-state index contributed by atoms with van der Waals surface area (Å²) < 4.78 is 0. The fraction of sp³-hybridized carbons (Fsp3) is 0.933. The normalized spacial score (nSPS) is 32.8. The number of likely N-dealkylation sites (tertiary alicyclic amines) is 1. The van der Waals surface area contributed by atoms with Gasteiger partial charge >= 0.3 is 0 Å². The molecule has 0 aromatic rings. The first-order chi connectivity index (χ1) is 8.50. The van der Waals surface area contributed by atoms with Gasteiger partial charge in [0, 0.05) is 25.7 Å². The van der Waals surface area contributed by atoms with E-state index in [2.05, 4.69) is 37.1 Å². The number of piperidine rings is 1. The van der Waals surface area contributed by atoms with E-state index in [0.717, 1.165) is 24.8 Å². The maximum absolute atomic E-state index is 9.36. The van der Waals surface area contributed by atoms with Gasteiger partial charge in [0.15, 0.2) is 0 Å². The van der Waals surface area contributed by atoms with Crippen LogP contribution in [0.2, 0.25) is 0 Å². The van der Waals surface area contributed by atoms with Gasteiger partial charge in [0.1, 0.15) is 5.54 Å². The summed E-state index contributed by atoms with van der Waals surface area (Å²) in [7, 11) is 0. The van der Waals surface area contributed by atoms with Crippen LogP contribution in [0.4, 0.5) is 0 Å². The lowest BCUT2D eigenvalue weighted by Gasteiger charge is -2.36. The maximum Gasteiger partial charge on any atom is 0.105 e. The van der Waals surface area contributed by atoms with Gasteiger partial charge in [-0.05, 0) is 44.4 Å². The number of nitrogens with zero attached hydrogens (tertiary/aromatic N) is 2. The Morgan fingerprint density at radius 2 is 1.89 bits per heavy atom. The number of nitriles is 1. The summed E-state index contributed by atoms with van der Waals surface area (Å²) in [4.78, 5) is 2.54. The molecule has 0 bridgehead atoms. The van der Waals surface area contributed by atoms with Gasteiger partial charge in [0.2, 0.25) is 0 Å². The summed E-state index contributed by atoms with van der Waals surface area (Å²) in [5.74, 6) is 1.61. The molecule has 1 aliphatic heterocycles. The summed E-state index contributed by atoms with van der Waals surface area (Å²) in [5.41, 5.74) is -0.328. The Morgan fingerprint density at radius 3 is 2.39 bits per heavy atom. The topological polar surface area (TPSA) is 39.1 Å². The molecule has 3 heteroatoms. The van der Waals surface area contributed by atoms with E-state index in [0.29, 0.717) is 6.04 Å². The molecular weight excluding hydrogens is 222 g/mol. The van der Waals surface area contributed by atoms with E-state index in [1.807, 2.05) is 0 Å². The zero-order valence-electron chi connectivity index (χ0n) is 12.1. The van der Waals surface area contributed by atoms with E-state index in [4.69, 9.17) is 0 Å². The van der Waals surface area contributed by atoms with Crippen LogP contribution in [0.15, 0.2) is 0 Å². The number of rotatable bonds is 5. The van der Waals surface area contributed by atoms with Crippen LogP contribution in [-0.2, 0) is 0 Å². The average molecular weight is 249 g/mol. The van der Waals surface area contributed by atoms with E-state index >= 15 is 0 Å². The van der Waals surface area contributed by atoms with Gasteiger partial charge in [0.25, 0.3) is 0 Å². The van der Waals surface area contributed by atoms with Crippen molar-refractivity contribution in [2.45, 2.75) is 58.0 Å². The van der Waals surface area contributed by atoms with Gasteiger partial charge in [-0.1, -0.05) is 13.8 Å². The highest BCUT2D eigenvalue weighted by molar-refractivity contribution is 5.07. The Hall–Kier alpha value is -0.590. The molecule has 102 valence electrons. The SMILES string of the molecule is CC1CC(C)CN(CCC(C)(C#N)NC2CC2)C1. The van der Waals surface area contributed by atoms with Crippen LogP contribution in [0.25, 0.3) is 0 Å². The average Bonchev–Trinajstić information content (AvgIpc) is 3.09. The van der Waals surface area contributed by atoms with Gasteiger partial charge in [-0.3, -0.25) is 5.32 Å². The van der Waals surface area contributed by atoms with Gasteiger partial charge in [0.05, 0.1) is 6.07 Å². The van der Waals surface area contributed by atoms with Crippen molar-refractivity contribution < 1.29 is 0 Å². The van der Waals surface area contributed by atoms with Crippen LogP contribution in [-0.4, -0.2) is 36.1 Å². The first kappa shape index (κ1) is 13.8. The molecule has 1 aliphatic carbocycles. The molecule has 3 atom stereocenters. The first-order valence-electron chi connectivity index (χ1n) is 7.42. The molecule has 0 amide bonds. The third-order valence-electron chi connectivity index (χ3n) is 4.22. The summed E-state index contributed by atoms with van der Waals surface area (Å²) in [6, 6.07) is 3.08. The molecule has 18 heavy (non-hydrogen) atoms. The van der Waals surface area contributed by atoms with Crippen LogP contribution >= 0.6 is 0 Å². The second-order valence-electron chi connectivity index (χ2n) is 6.82. The summed E-state index contributed by atoms with van der Waals surface area (Å²) in [6.07, 6.45) is 4.79. The predicted molar refractivity (Wildman–Crippen MR) is 74.2 cm³/mol. The van der Waals surface area contributed by atoms with Crippen LogP contribution in [0.1, 0.15) is 46.5 Å². The third-order valence-corrected chi connectivity index (χ3v) is 4.22. The molecule has 2 rings (SSSR count). The highest BCUT2D eigenvalue weighted by Gasteiger charge is 2.33. The fourth-order valence-electron chi connectivity index (χ4n) is 3.19. The molecule has 0 spiro atoms. The highest BCUT2D eigenvalue weighted by atomic mass is 15.1. The monoisotopic (exact) mass is 249 g/mol. The Balaban J connectivity index is 1.80. The minimum Gasteiger partial charge on any atom is -0.303 e. The van der Waals surface area contributed by atoms with Crippen molar-refractivity contribution in [2.24, 2.45) is 11.8 Å². The molecular formula is C15H27N3. The van der Waals surface area contributed by atoms with Crippen molar-refractivity contribution in [1.82, 2.24) is 10.2 Å². The van der Waals surface area contributed by atoms with Gasteiger partial charge in [-0.25, -0.2) is 0 Å². The van der Waals surface area contributed by atoms with Crippen molar-refractivity contribution >= 4 is 0 Å². The standard InChI is InChI=1S/C15H27N3/c1-12-8-13(2)10-18(9-12)7-6-15(3,11-16)17-14-4-5-14/h12-14,17H,4-10H2,1-3H3. The number of nitrogens with one attached hydrogen (secondary N) is 1. The molecule has 0 aromatic carbocycles. The molecule has 1 N–H and O–H groups in total. The Bertz CT molecular complexity index is 308. The van der Waals surface area contributed by atoms with Crippen LogP contribution in [0.3, 0.4) is 0 Å². The molecule has 0 radical (unpaired) electrons. The predicted octanol–water partition coefficient (Wildman–Crippen LogP) is 2.39. The van der Waals surface area contributed by atoms with Gasteiger partial charge < -0.3 is 4.90 Å². The van der Waals surface area contributed by atoms with Crippen molar-refractivity contribution in [3.8, 4) is 6.07 Å². The molecule has 1 heterocycles. The van der Waals surface area contributed by atoms with E-state index in [1.54, 1.807) is 0 Å². The summed E-state index contributed by atoms with van der Waals surface area (Å²) in [5, 5.41) is 12.9. The Kier molecular flexibility index (Phi) is 4.29. The lowest BCUT2D eigenvalue weighted by molar-refractivity contribution is 0.132. The fourth-order valence-corrected chi connectivity index (χ4v) is 3.19. The minimum atomic E-state index is -0.328. The smallest absolute Gasteiger partial charge is 0.105 e. The van der Waals surface area contributed by atoms with E-state index in [9.17, 15) is 5.26 Å². The lowest BCUT2D eigenvalue weighted by Crippen LogP contribution is -2.47. The second kappa shape index (κ2) is 5.59. The Labute approximate surface area is 112 Å². The van der Waals surface area contributed by atoms with Gasteiger partial charge in [-0.15, -0.1) is 0 Å². The molecule has 0 aromatic heterocycles. The molecule has 1 saturated heterocycles. The highest BCUT2D eigenvalue weighted by Crippen LogP contribution is 2.25. The molecule has 3 nitrogen and oxygen atoms in total. The van der Waals surface area contributed by atoms with Crippen molar-refractivity contribution in [3.63, 3.8) is 0 Å². The third kappa shape index (κ3) is 3.96. The largest absolute Gasteiger partial charge is 0.303 e. The zero-order valence-corrected chi connectivity index (χ0v) is 12.1. The Morgan fingerprint density at radius 1 is 1.28 bits per heavy atom. The molecule has 2 fully saturated rings. The van der Waals surface area contributed by atoms with Gasteiger partial charge in [-0.2, -0.15) is 5.26 Å². The quantitative estimate of drug-likeness (QED) is 0.813. The summed E-state index contributed by atoms with van der Waals surface area (Å²) >= 11 is 0. The molecule has 1 saturated carbocycles. The van der Waals surface area contributed by atoms with Crippen molar-refractivity contribution in [3.05, 3.63) is 0 Å². The molecule has 3 unspecified atom stereocenters. The lowest BCUT2D eigenvalue weighted by atomic mass is 9.91. The van der Waals surface area contributed by atoms with Crippen LogP contribution in [0.5, 0.6) is 0 Å². The minimum absolute atomic E-state index is 0.328. The first-order valence-corrected chi connectivity index (χ1v) is 7.42.